The van der Waals surface area contributed by atoms with Gasteiger partial charge in [-0.1, -0.05) is 39.1 Å². The summed E-state index contributed by atoms with van der Waals surface area (Å²) in [4.78, 5) is 13.1. The van der Waals surface area contributed by atoms with E-state index in [1.165, 1.54) is 0 Å². The van der Waals surface area contributed by atoms with Crippen LogP contribution in [-0.4, -0.2) is 15.0 Å². The van der Waals surface area contributed by atoms with Crippen LogP contribution < -0.4 is 11.1 Å². The molecule has 1 aromatic heterocycles. The van der Waals surface area contributed by atoms with Gasteiger partial charge in [0, 0.05) is 20.7 Å². The molecule has 24 heavy (non-hydrogen) atoms. The number of halogens is 3. The first-order valence-electron chi connectivity index (χ1n) is 6.98. The van der Waals surface area contributed by atoms with Gasteiger partial charge >= 0.3 is 0 Å². The lowest BCUT2D eigenvalue weighted by atomic mass is 10.2. The lowest BCUT2D eigenvalue weighted by molar-refractivity contribution is 0.886. The van der Waals surface area contributed by atoms with E-state index < -0.39 is 0 Å². The molecule has 0 amide bonds. The standard InChI is InChI=1S/C16H12BrCl2N5/c17-9-1-4-11(5-2-9)21-16-23-14(8-20)22-15(24-16)12-7-10(18)3-6-13(12)19/h1-7H,8,20H2,(H,21,22,23,24). The van der Waals surface area contributed by atoms with E-state index in [2.05, 4.69) is 36.2 Å². The van der Waals surface area contributed by atoms with Crippen LogP contribution in [0.5, 0.6) is 0 Å². The zero-order valence-corrected chi connectivity index (χ0v) is 15.4. The number of rotatable bonds is 4. The first kappa shape index (κ1) is 17.1. The molecule has 0 aliphatic heterocycles. The second-order valence-corrected chi connectivity index (χ2v) is 6.62. The molecule has 0 saturated carbocycles. The van der Waals surface area contributed by atoms with Crippen molar-refractivity contribution in [2.45, 2.75) is 6.54 Å². The first-order chi connectivity index (χ1) is 11.5. The fourth-order valence-electron chi connectivity index (χ4n) is 2.02. The van der Waals surface area contributed by atoms with E-state index in [9.17, 15) is 0 Å². The van der Waals surface area contributed by atoms with Gasteiger partial charge in [-0.25, -0.2) is 4.98 Å². The molecule has 1 heterocycles. The Hall–Kier alpha value is -1.73. The Morgan fingerprint density at radius 2 is 1.75 bits per heavy atom. The number of anilines is 2. The molecule has 0 fully saturated rings. The van der Waals surface area contributed by atoms with Crippen molar-refractivity contribution in [1.29, 1.82) is 0 Å². The molecule has 3 N–H and O–H groups in total. The van der Waals surface area contributed by atoms with E-state index in [1.54, 1.807) is 18.2 Å². The average molecular weight is 425 g/mol. The van der Waals surface area contributed by atoms with Crippen molar-refractivity contribution in [3.8, 4) is 11.4 Å². The highest BCUT2D eigenvalue weighted by atomic mass is 79.9. The van der Waals surface area contributed by atoms with Crippen molar-refractivity contribution in [3.05, 3.63) is 62.8 Å². The lowest BCUT2D eigenvalue weighted by Crippen LogP contribution is -2.09. The third kappa shape index (κ3) is 4.02. The van der Waals surface area contributed by atoms with Crippen LogP contribution in [0.25, 0.3) is 11.4 Å². The monoisotopic (exact) mass is 423 g/mol. The second-order valence-electron chi connectivity index (χ2n) is 4.86. The zero-order chi connectivity index (χ0) is 17.1. The quantitative estimate of drug-likeness (QED) is 0.628. The van der Waals surface area contributed by atoms with Crippen LogP contribution in [0.1, 0.15) is 5.82 Å². The Morgan fingerprint density at radius 1 is 1.00 bits per heavy atom. The Bertz CT molecular complexity index is 871. The van der Waals surface area contributed by atoms with Crippen LogP contribution in [0.15, 0.2) is 46.9 Å². The minimum atomic E-state index is 0.183. The molecule has 3 rings (SSSR count). The second kappa shape index (κ2) is 7.44. The van der Waals surface area contributed by atoms with E-state index in [0.717, 1.165) is 10.2 Å². The maximum Gasteiger partial charge on any atom is 0.231 e. The van der Waals surface area contributed by atoms with Gasteiger partial charge < -0.3 is 11.1 Å². The summed E-state index contributed by atoms with van der Waals surface area (Å²) < 4.78 is 0.984. The summed E-state index contributed by atoms with van der Waals surface area (Å²) >= 11 is 15.7. The fourth-order valence-corrected chi connectivity index (χ4v) is 2.66. The van der Waals surface area contributed by atoms with Crippen molar-refractivity contribution in [3.63, 3.8) is 0 Å². The van der Waals surface area contributed by atoms with E-state index in [0.29, 0.717) is 33.2 Å². The van der Waals surface area contributed by atoms with Gasteiger partial charge in [0.15, 0.2) is 5.82 Å². The van der Waals surface area contributed by atoms with E-state index in [4.69, 9.17) is 28.9 Å². The van der Waals surface area contributed by atoms with E-state index in [1.807, 2.05) is 24.3 Å². The summed E-state index contributed by atoms with van der Waals surface area (Å²) in [6.45, 7) is 0.183. The van der Waals surface area contributed by atoms with Crippen molar-refractivity contribution < 1.29 is 0 Å². The van der Waals surface area contributed by atoms with Crippen LogP contribution in [0.3, 0.4) is 0 Å². The van der Waals surface area contributed by atoms with Gasteiger partial charge in [-0.3, -0.25) is 0 Å². The molecule has 122 valence electrons. The third-order valence-corrected chi connectivity index (χ3v) is 4.23. The molecule has 0 atom stereocenters. The Morgan fingerprint density at radius 3 is 2.46 bits per heavy atom. The molecule has 0 aliphatic carbocycles. The number of nitrogens with one attached hydrogen (secondary N) is 1. The Labute approximate surface area is 157 Å². The molecule has 3 aromatic rings. The summed E-state index contributed by atoms with van der Waals surface area (Å²) in [5.74, 6) is 1.26. The fraction of sp³-hybridized carbons (Fsp3) is 0.0625. The molecule has 0 saturated heterocycles. The summed E-state index contributed by atoms with van der Waals surface area (Å²) in [5, 5.41) is 4.19. The highest BCUT2D eigenvalue weighted by Crippen LogP contribution is 2.29. The maximum atomic E-state index is 6.24. The van der Waals surface area contributed by atoms with Crippen LogP contribution in [0.2, 0.25) is 10.0 Å². The highest BCUT2D eigenvalue weighted by molar-refractivity contribution is 9.10. The van der Waals surface area contributed by atoms with Gasteiger partial charge in [-0.2, -0.15) is 9.97 Å². The smallest absolute Gasteiger partial charge is 0.231 e. The zero-order valence-electron chi connectivity index (χ0n) is 12.3. The number of hydrogen-bond acceptors (Lipinski definition) is 5. The normalized spacial score (nSPS) is 10.7. The first-order valence-corrected chi connectivity index (χ1v) is 8.53. The van der Waals surface area contributed by atoms with Gasteiger partial charge in [0.2, 0.25) is 5.95 Å². The van der Waals surface area contributed by atoms with Crippen molar-refractivity contribution in [1.82, 2.24) is 15.0 Å². The number of hydrogen-bond donors (Lipinski definition) is 2. The molecule has 0 spiro atoms. The Kier molecular flexibility index (Phi) is 5.30. The molecular formula is C16H12BrCl2N5. The van der Waals surface area contributed by atoms with Crippen LogP contribution in [-0.2, 0) is 6.54 Å². The predicted octanol–water partition coefficient (Wildman–Crippen LogP) is 4.81. The summed E-state index contributed by atoms with van der Waals surface area (Å²) in [5.41, 5.74) is 7.17. The van der Waals surface area contributed by atoms with Crippen molar-refractivity contribution >= 4 is 50.8 Å². The summed E-state index contributed by atoms with van der Waals surface area (Å²) in [6, 6.07) is 12.8. The minimum Gasteiger partial charge on any atom is -0.324 e. The summed E-state index contributed by atoms with van der Waals surface area (Å²) in [7, 11) is 0. The molecule has 5 nitrogen and oxygen atoms in total. The van der Waals surface area contributed by atoms with Crippen LogP contribution >= 0.6 is 39.1 Å². The molecule has 0 radical (unpaired) electrons. The predicted molar refractivity (Wildman–Crippen MR) is 101 cm³/mol. The Balaban J connectivity index is 2.02. The van der Waals surface area contributed by atoms with Gasteiger partial charge in [-0.05, 0) is 42.5 Å². The topological polar surface area (TPSA) is 76.7 Å². The molecule has 0 bridgehead atoms. The van der Waals surface area contributed by atoms with Gasteiger partial charge in [0.25, 0.3) is 0 Å². The SMILES string of the molecule is NCc1nc(Nc2ccc(Br)cc2)nc(-c2cc(Cl)ccc2Cl)n1. The van der Waals surface area contributed by atoms with E-state index in [-0.39, 0.29) is 6.54 Å². The minimum absolute atomic E-state index is 0.183. The van der Waals surface area contributed by atoms with Gasteiger partial charge in [-0.15, -0.1) is 0 Å². The highest BCUT2D eigenvalue weighted by Gasteiger charge is 2.12. The molecule has 0 unspecified atom stereocenters. The number of nitrogens with two attached hydrogens (primary N) is 1. The van der Waals surface area contributed by atoms with Crippen LogP contribution in [0, 0.1) is 0 Å². The van der Waals surface area contributed by atoms with Crippen molar-refractivity contribution in [2.24, 2.45) is 5.73 Å². The number of benzene rings is 2. The number of nitrogens with zero attached hydrogens (tertiary/aromatic N) is 3. The molecule has 8 heteroatoms. The lowest BCUT2D eigenvalue weighted by Gasteiger charge is -2.10. The average Bonchev–Trinajstić information content (AvgIpc) is 2.59. The van der Waals surface area contributed by atoms with E-state index >= 15 is 0 Å². The number of aromatic nitrogens is 3. The van der Waals surface area contributed by atoms with Crippen LogP contribution in [0.4, 0.5) is 11.6 Å². The third-order valence-electron chi connectivity index (χ3n) is 3.13. The van der Waals surface area contributed by atoms with Gasteiger partial charge in [0.05, 0.1) is 11.6 Å². The molecular weight excluding hydrogens is 413 g/mol. The maximum absolute atomic E-state index is 6.24. The largest absolute Gasteiger partial charge is 0.324 e. The molecule has 2 aromatic carbocycles. The summed E-state index contributed by atoms with van der Waals surface area (Å²) in [6.07, 6.45) is 0. The van der Waals surface area contributed by atoms with Gasteiger partial charge in [0.1, 0.15) is 5.82 Å². The van der Waals surface area contributed by atoms with Crippen molar-refractivity contribution in [2.75, 3.05) is 5.32 Å². The molecule has 0 aliphatic rings.